The van der Waals surface area contributed by atoms with E-state index in [9.17, 15) is 0 Å². The number of nitrogens with zero attached hydrogens (tertiary/aromatic N) is 1. The summed E-state index contributed by atoms with van der Waals surface area (Å²) in [5.41, 5.74) is 3.39. The molecule has 1 nitrogen and oxygen atoms in total. The molecule has 1 unspecified atom stereocenters. The third-order valence-corrected chi connectivity index (χ3v) is 3.58. The summed E-state index contributed by atoms with van der Waals surface area (Å²) in [6.07, 6.45) is 6.30. The largest absolute Gasteiger partial charge is 0.192 e. The van der Waals surface area contributed by atoms with Crippen molar-refractivity contribution in [3.63, 3.8) is 0 Å². The van der Waals surface area contributed by atoms with E-state index < -0.39 is 0 Å². The van der Waals surface area contributed by atoms with E-state index >= 15 is 0 Å². The molecule has 0 saturated heterocycles. The standard InChI is InChI=1S/C16H23N/c1-4-6-7-9-14(5-2)16-11-8-10-15(12-17)13(16)3/h8,10-11,14H,4-7,9H2,1-3H3. The van der Waals surface area contributed by atoms with Crippen molar-refractivity contribution in [1.29, 1.82) is 5.26 Å². The zero-order valence-electron chi connectivity index (χ0n) is 11.3. The maximum Gasteiger partial charge on any atom is 0.0994 e. The van der Waals surface area contributed by atoms with Crippen LogP contribution >= 0.6 is 0 Å². The summed E-state index contributed by atoms with van der Waals surface area (Å²) in [4.78, 5) is 0. The molecule has 0 aliphatic heterocycles. The summed E-state index contributed by atoms with van der Waals surface area (Å²) in [6, 6.07) is 8.40. The van der Waals surface area contributed by atoms with Crippen LogP contribution in [0.4, 0.5) is 0 Å². The zero-order chi connectivity index (χ0) is 12.7. The first-order valence-corrected chi connectivity index (χ1v) is 6.74. The van der Waals surface area contributed by atoms with Gasteiger partial charge in [-0.3, -0.25) is 0 Å². The van der Waals surface area contributed by atoms with Crippen molar-refractivity contribution in [3.8, 4) is 6.07 Å². The molecule has 0 heterocycles. The normalized spacial score (nSPS) is 12.1. The van der Waals surface area contributed by atoms with Gasteiger partial charge in [0.25, 0.3) is 0 Å². The second kappa shape index (κ2) is 7.12. The average molecular weight is 229 g/mol. The van der Waals surface area contributed by atoms with E-state index in [1.807, 2.05) is 12.1 Å². The summed E-state index contributed by atoms with van der Waals surface area (Å²) < 4.78 is 0. The Morgan fingerprint density at radius 1 is 1.24 bits per heavy atom. The Labute approximate surface area is 105 Å². The molecule has 0 saturated carbocycles. The van der Waals surface area contributed by atoms with Crippen molar-refractivity contribution in [1.82, 2.24) is 0 Å². The third-order valence-electron chi connectivity index (χ3n) is 3.58. The van der Waals surface area contributed by atoms with Gasteiger partial charge >= 0.3 is 0 Å². The molecule has 0 aliphatic carbocycles. The summed E-state index contributed by atoms with van der Waals surface area (Å²) in [7, 11) is 0. The summed E-state index contributed by atoms with van der Waals surface area (Å²) in [6.45, 7) is 6.56. The first-order valence-electron chi connectivity index (χ1n) is 6.74. The molecule has 0 fully saturated rings. The van der Waals surface area contributed by atoms with E-state index in [2.05, 4.69) is 32.9 Å². The highest BCUT2D eigenvalue weighted by atomic mass is 14.3. The second-order valence-corrected chi connectivity index (χ2v) is 4.73. The fourth-order valence-corrected chi connectivity index (χ4v) is 2.44. The Hall–Kier alpha value is -1.29. The van der Waals surface area contributed by atoms with Crippen molar-refractivity contribution in [3.05, 3.63) is 34.9 Å². The van der Waals surface area contributed by atoms with Gasteiger partial charge in [-0.2, -0.15) is 5.26 Å². The molecular formula is C16H23N. The Morgan fingerprint density at radius 3 is 2.59 bits per heavy atom. The van der Waals surface area contributed by atoms with Crippen LogP contribution in [0, 0.1) is 18.3 Å². The lowest BCUT2D eigenvalue weighted by molar-refractivity contribution is 0.551. The van der Waals surface area contributed by atoms with Crippen molar-refractivity contribution in [2.24, 2.45) is 0 Å². The van der Waals surface area contributed by atoms with Gasteiger partial charge in [-0.15, -0.1) is 0 Å². The first kappa shape index (κ1) is 13.8. The van der Waals surface area contributed by atoms with Crippen LogP contribution < -0.4 is 0 Å². The first-order chi connectivity index (χ1) is 8.24. The van der Waals surface area contributed by atoms with Gasteiger partial charge in [0.15, 0.2) is 0 Å². The molecule has 0 aromatic heterocycles. The molecule has 1 aromatic rings. The van der Waals surface area contributed by atoms with Gasteiger partial charge in [0, 0.05) is 0 Å². The molecule has 0 aliphatic rings. The minimum Gasteiger partial charge on any atom is -0.192 e. The van der Waals surface area contributed by atoms with Crippen LogP contribution in [0.3, 0.4) is 0 Å². The molecular weight excluding hydrogens is 206 g/mol. The second-order valence-electron chi connectivity index (χ2n) is 4.73. The molecule has 1 rings (SSSR count). The minimum atomic E-state index is 0.620. The predicted molar refractivity (Wildman–Crippen MR) is 73.1 cm³/mol. The maximum atomic E-state index is 9.06. The lowest BCUT2D eigenvalue weighted by Crippen LogP contribution is -2.01. The minimum absolute atomic E-state index is 0.620. The van der Waals surface area contributed by atoms with Gasteiger partial charge in [-0.1, -0.05) is 45.2 Å². The van der Waals surface area contributed by atoms with E-state index in [-0.39, 0.29) is 0 Å². The van der Waals surface area contributed by atoms with Gasteiger partial charge in [-0.05, 0) is 42.9 Å². The number of hydrogen-bond donors (Lipinski definition) is 0. The van der Waals surface area contributed by atoms with Gasteiger partial charge in [0.1, 0.15) is 0 Å². The number of unbranched alkanes of at least 4 members (excludes halogenated alkanes) is 2. The van der Waals surface area contributed by atoms with Crippen LogP contribution in [0.1, 0.15) is 68.6 Å². The van der Waals surface area contributed by atoms with Crippen LogP contribution in [0.25, 0.3) is 0 Å². The Kier molecular flexibility index (Phi) is 5.77. The topological polar surface area (TPSA) is 23.8 Å². The monoisotopic (exact) mass is 229 g/mol. The molecule has 0 bridgehead atoms. The molecule has 0 spiro atoms. The number of nitriles is 1. The quantitative estimate of drug-likeness (QED) is 0.634. The lowest BCUT2D eigenvalue weighted by atomic mass is 9.87. The number of rotatable bonds is 6. The van der Waals surface area contributed by atoms with Crippen molar-refractivity contribution < 1.29 is 0 Å². The van der Waals surface area contributed by atoms with Crippen LogP contribution in [0.5, 0.6) is 0 Å². The Morgan fingerprint density at radius 2 is 2.00 bits per heavy atom. The van der Waals surface area contributed by atoms with E-state index in [4.69, 9.17) is 5.26 Å². The van der Waals surface area contributed by atoms with Crippen molar-refractivity contribution in [2.45, 2.75) is 58.8 Å². The Balaban J connectivity index is 2.85. The molecule has 1 aromatic carbocycles. The van der Waals surface area contributed by atoms with Crippen LogP contribution in [0.15, 0.2) is 18.2 Å². The molecule has 1 heteroatoms. The highest BCUT2D eigenvalue weighted by Gasteiger charge is 2.13. The van der Waals surface area contributed by atoms with E-state index in [0.717, 1.165) is 5.56 Å². The SMILES string of the molecule is CCCCCC(CC)c1cccc(C#N)c1C. The van der Waals surface area contributed by atoms with Gasteiger partial charge in [-0.25, -0.2) is 0 Å². The van der Waals surface area contributed by atoms with Crippen molar-refractivity contribution >= 4 is 0 Å². The molecule has 0 N–H and O–H groups in total. The van der Waals surface area contributed by atoms with E-state index in [0.29, 0.717) is 5.92 Å². The van der Waals surface area contributed by atoms with Crippen molar-refractivity contribution in [2.75, 3.05) is 0 Å². The molecule has 0 amide bonds. The maximum absolute atomic E-state index is 9.06. The molecule has 92 valence electrons. The van der Waals surface area contributed by atoms with Gasteiger partial charge in [0.2, 0.25) is 0 Å². The highest BCUT2D eigenvalue weighted by Crippen LogP contribution is 2.29. The summed E-state index contributed by atoms with van der Waals surface area (Å²) in [5, 5.41) is 9.06. The van der Waals surface area contributed by atoms with E-state index in [1.165, 1.54) is 43.2 Å². The van der Waals surface area contributed by atoms with Crippen LogP contribution in [0.2, 0.25) is 0 Å². The average Bonchev–Trinajstić information content (AvgIpc) is 2.36. The van der Waals surface area contributed by atoms with Gasteiger partial charge < -0.3 is 0 Å². The van der Waals surface area contributed by atoms with Crippen LogP contribution in [-0.4, -0.2) is 0 Å². The molecule has 1 atom stereocenters. The summed E-state index contributed by atoms with van der Waals surface area (Å²) in [5.74, 6) is 0.620. The number of hydrogen-bond acceptors (Lipinski definition) is 1. The third kappa shape index (κ3) is 3.60. The highest BCUT2D eigenvalue weighted by molar-refractivity contribution is 5.43. The predicted octanol–water partition coefficient (Wildman–Crippen LogP) is 4.94. The summed E-state index contributed by atoms with van der Waals surface area (Å²) >= 11 is 0. The van der Waals surface area contributed by atoms with Gasteiger partial charge in [0.05, 0.1) is 11.6 Å². The Bertz CT molecular complexity index is 387. The fraction of sp³-hybridized carbons (Fsp3) is 0.562. The fourth-order valence-electron chi connectivity index (χ4n) is 2.44. The molecule has 17 heavy (non-hydrogen) atoms. The van der Waals surface area contributed by atoms with Crippen LogP contribution in [-0.2, 0) is 0 Å². The molecule has 0 radical (unpaired) electrons. The zero-order valence-corrected chi connectivity index (χ0v) is 11.3. The lowest BCUT2D eigenvalue weighted by Gasteiger charge is -2.18. The number of benzene rings is 1. The smallest absolute Gasteiger partial charge is 0.0994 e. The van der Waals surface area contributed by atoms with E-state index in [1.54, 1.807) is 0 Å².